The average molecular weight is 389 g/mol. The smallest absolute Gasteiger partial charge is 0.227 e. The van der Waals surface area contributed by atoms with Crippen LogP contribution in [-0.4, -0.2) is 10.9 Å². The van der Waals surface area contributed by atoms with Crippen molar-refractivity contribution in [3.05, 3.63) is 89.4 Å². The molecule has 1 aromatic heterocycles. The Morgan fingerprint density at radius 2 is 2.04 bits per heavy atom. The normalized spacial score (nSPS) is 13.4. The highest BCUT2D eigenvalue weighted by molar-refractivity contribution is 9.11. The van der Waals surface area contributed by atoms with Crippen LogP contribution in [0.15, 0.2) is 76.7 Å². The van der Waals surface area contributed by atoms with E-state index in [4.69, 9.17) is 4.42 Å². The van der Waals surface area contributed by atoms with Crippen LogP contribution in [0.25, 0.3) is 5.57 Å². The second-order valence-corrected chi connectivity index (χ2v) is 6.01. The van der Waals surface area contributed by atoms with E-state index in [1.54, 1.807) is 43.4 Å². The molecule has 0 saturated carbocycles. The number of rotatable bonds is 8. The average Bonchev–Trinajstić information content (AvgIpc) is 3.01. The summed E-state index contributed by atoms with van der Waals surface area (Å²) < 4.78 is 6.42. The van der Waals surface area contributed by atoms with Crippen LogP contribution < -0.4 is 0 Å². The summed E-state index contributed by atoms with van der Waals surface area (Å²) in [6.45, 7) is 14.8. The SMILES string of the molecule is C=C/C=C\C(=C)C(=O)c1cc(C(=C)C)c(C(O)/C=C/C(Br)=C\C)o1. The maximum Gasteiger partial charge on any atom is 0.227 e. The van der Waals surface area contributed by atoms with Crippen LogP contribution in [0.4, 0.5) is 0 Å². The molecule has 1 N–H and O–H groups in total. The highest BCUT2D eigenvalue weighted by atomic mass is 79.9. The molecule has 0 aromatic carbocycles. The predicted molar refractivity (Wildman–Crippen MR) is 103 cm³/mol. The molecule has 0 aliphatic rings. The van der Waals surface area contributed by atoms with E-state index in [9.17, 15) is 9.90 Å². The molecule has 0 saturated heterocycles. The van der Waals surface area contributed by atoms with Gasteiger partial charge in [0.1, 0.15) is 11.9 Å². The van der Waals surface area contributed by atoms with Crippen LogP contribution in [-0.2, 0) is 0 Å². The molecule has 0 fully saturated rings. The van der Waals surface area contributed by atoms with Gasteiger partial charge in [-0.25, -0.2) is 0 Å². The number of allylic oxidation sites excluding steroid dienone is 8. The Labute approximate surface area is 151 Å². The van der Waals surface area contributed by atoms with E-state index >= 15 is 0 Å². The van der Waals surface area contributed by atoms with Crippen LogP contribution in [0.1, 0.15) is 41.8 Å². The zero-order chi connectivity index (χ0) is 18.3. The van der Waals surface area contributed by atoms with E-state index < -0.39 is 6.10 Å². The van der Waals surface area contributed by atoms with Gasteiger partial charge in [0.2, 0.25) is 5.78 Å². The molecule has 4 heteroatoms. The van der Waals surface area contributed by atoms with Crippen molar-refractivity contribution >= 4 is 27.3 Å². The summed E-state index contributed by atoms with van der Waals surface area (Å²) in [6, 6.07) is 1.58. The highest BCUT2D eigenvalue weighted by Crippen LogP contribution is 2.30. The Balaban J connectivity index is 3.21. The molecule has 126 valence electrons. The van der Waals surface area contributed by atoms with Crippen LogP contribution in [0.5, 0.6) is 0 Å². The van der Waals surface area contributed by atoms with Gasteiger partial charge in [-0.15, -0.1) is 0 Å². The molecule has 0 radical (unpaired) electrons. The lowest BCUT2D eigenvalue weighted by Gasteiger charge is -2.05. The third-order valence-corrected chi connectivity index (χ3v) is 3.87. The van der Waals surface area contributed by atoms with Crippen LogP contribution >= 0.6 is 15.9 Å². The molecule has 1 unspecified atom stereocenters. The molecule has 1 rings (SSSR count). The topological polar surface area (TPSA) is 50.4 Å². The number of hydrogen-bond acceptors (Lipinski definition) is 3. The standard InChI is InChI=1S/C20H21BrO3/c1-6-8-9-14(5)19(23)18-12-16(13(3)4)20(24-18)17(22)11-10-15(21)7-2/h6-12,17,22H,1,3,5H2,2,4H3/b9-8-,11-10+,15-7+. The van der Waals surface area contributed by atoms with Gasteiger partial charge in [-0.2, -0.15) is 0 Å². The number of Topliss-reactive ketones (excluding diaryl/α,β-unsaturated/α-hetero) is 1. The second kappa shape index (κ2) is 9.21. The zero-order valence-corrected chi connectivity index (χ0v) is 15.5. The first-order valence-corrected chi connectivity index (χ1v) is 8.11. The molecule has 0 aliphatic carbocycles. The first kappa shape index (κ1) is 19.9. The van der Waals surface area contributed by atoms with E-state index in [-0.39, 0.29) is 22.9 Å². The number of halogens is 1. The molecular weight excluding hydrogens is 368 g/mol. The maximum atomic E-state index is 12.3. The minimum atomic E-state index is -0.997. The van der Waals surface area contributed by atoms with Crippen molar-refractivity contribution in [2.45, 2.75) is 20.0 Å². The third-order valence-electron chi connectivity index (χ3n) is 3.15. The highest BCUT2D eigenvalue weighted by Gasteiger charge is 2.21. The summed E-state index contributed by atoms with van der Waals surface area (Å²) in [5.74, 6) is 0.0333. The number of aliphatic hydroxyl groups excluding tert-OH is 1. The largest absolute Gasteiger partial charge is 0.454 e. The van der Waals surface area contributed by atoms with E-state index in [0.717, 1.165) is 4.48 Å². The summed E-state index contributed by atoms with van der Waals surface area (Å²) in [5, 5.41) is 10.3. The lowest BCUT2D eigenvalue weighted by atomic mass is 10.0. The fraction of sp³-hybridized carbons (Fsp3) is 0.150. The van der Waals surface area contributed by atoms with Crippen molar-refractivity contribution in [1.29, 1.82) is 0 Å². The van der Waals surface area contributed by atoms with Crippen molar-refractivity contribution < 1.29 is 14.3 Å². The van der Waals surface area contributed by atoms with E-state index in [2.05, 4.69) is 35.7 Å². The summed E-state index contributed by atoms with van der Waals surface area (Å²) in [6.07, 6.45) is 8.85. The van der Waals surface area contributed by atoms with Crippen molar-refractivity contribution in [3.63, 3.8) is 0 Å². The summed E-state index contributed by atoms with van der Waals surface area (Å²) in [5.41, 5.74) is 1.57. The summed E-state index contributed by atoms with van der Waals surface area (Å²) in [4.78, 5) is 12.3. The summed E-state index contributed by atoms with van der Waals surface area (Å²) >= 11 is 3.33. The minimum Gasteiger partial charge on any atom is -0.454 e. The van der Waals surface area contributed by atoms with Gasteiger partial charge in [-0.05, 0) is 37.6 Å². The first-order chi connectivity index (χ1) is 11.3. The second-order valence-electron chi connectivity index (χ2n) is 5.10. The lowest BCUT2D eigenvalue weighted by Crippen LogP contribution is -1.98. The number of aliphatic hydroxyl groups is 1. The Morgan fingerprint density at radius 3 is 2.58 bits per heavy atom. The Bertz CT molecular complexity index is 745. The molecule has 1 atom stereocenters. The van der Waals surface area contributed by atoms with Gasteiger partial charge in [0.15, 0.2) is 5.76 Å². The van der Waals surface area contributed by atoms with Crippen LogP contribution in [0, 0.1) is 0 Å². The Kier molecular flexibility index (Phi) is 7.62. The van der Waals surface area contributed by atoms with Gasteiger partial charge in [0.25, 0.3) is 0 Å². The molecule has 0 amide bonds. The number of furan rings is 1. The quantitative estimate of drug-likeness (QED) is 0.353. The number of carbonyl (C=O) groups is 1. The molecule has 24 heavy (non-hydrogen) atoms. The monoisotopic (exact) mass is 388 g/mol. The predicted octanol–water partition coefficient (Wildman–Crippen LogP) is 5.68. The van der Waals surface area contributed by atoms with Gasteiger partial charge in [-0.1, -0.05) is 60.0 Å². The van der Waals surface area contributed by atoms with Gasteiger partial charge >= 0.3 is 0 Å². The fourth-order valence-electron chi connectivity index (χ4n) is 1.86. The van der Waals surface area contributed by atoms with Crippen molar-refractivity contribution in [3.8, 4) is 0 Å². The molecule has 0 spiro atoms. The Morgan fingerprint density at radius 1 is 1.38 bits per heavy atom. The molecule has 3 nitrogen and oxygen atoms in total. The summed E-state index contributed by atoms with van der Waals surface area (Å²) in [7, 11) is 0. The Hall–Kier alpha value is -2.17. The third kappa shape index (κ3) is 5.18. The van der Waals surface area contributed by atoms with Crippen molar-refractivity contribution in [2.24, 2.45) is 0 Å². The first-order valence-electron chi connectivity index (χ1n) is 7.32. The molecule has 0 bridgehead atoms. The number of hydrogen-bond donors (Lipinski definition) is 1. The van der Waals surface area contributed by atoms with Gasteiger partial charge in [0, 0.05) is 15.6 Å². The number of carbonyl (C=O) groups excluding carboxylic acids is 1. The van der Waals surface area contributed by atoms with E-state index in [0.29, 0.717) is 11.1 Å². The zero-order valence-electron chi connectivity index (χ0n) is 13.9. The van der Waals surface area contributed by atoms with E-state index in [1.807, 2.05) is 13.0 Å². The van der Waals surface area contributed by atoms with Crippen LogP contribution in [0.2, 0.25) is 0 Å². The van der Waals surface area contributed by atoms with Gasteiger partial charge in [-0.3, -0.25) is 4.79 Å². The lowest BCUT2D eigenvalue weighted by molar-refractivity contribution is 0.100. The van der Waals surface area contributed by atoms with Crippen molar-refractivity contribution in [1.82, 2.24) is 0 Å². The molecular formula is C20H21BrO3. The molecule has 1 heterocycles. The fourth-order valence-corrected chi connectivity index (χ4v) is 2.01. The maximum absolute atomic E-state index is 12.3. The van der Waals surface area contributed by atoms with Crippen molar-refractivity contribution in [2.75, 3.05) is 0 Å². The molecule has 0 aliphatic heterocycles. The minimum absolute atomic E-state index is 0.110. The van der Waals surface area contributed by atoms with E-state index in [1.165, 1.54) is 0 Å². The van der Waals surface area contributed by atoms with Gasteiger partial charge < -0.3 is 9.52 Å². The number of ketones is 1. The molecule has 1 aromatic rings. The van der Waals surface area contributed by atoms with Gasteiger partial charge in [0.05, 0.1) is 0 Å². The van der Waals surface area contributed by atoms with Crippen LogP contribution in [0.3, 0.4) is 0 Å².